The highest BCUT2D eigenvalue weighted by atomic mass is 32.2. The monoisotopic (exact) mass is 477 g/mol. The Balaban J connectivity index is 1.56. The van der Waals surface area contributed by atoms with Crippen molar-refractivity contribution >= 4 is 43.9 Å². The van der Waals surface area contributed by atoms with Gasteiger partial charge in [0.1, 0.15) is 0 Å². The van der Waals surface area contributed by atoms with Crippen molar-refractivity contribution in [2.45, 2.75) is 11.8 Å². The number of ketones is 1. The van der Waals surface area contributed by atoms with Crippen molar-refractivity contribution in [2.75, 3.05) is 10.0 Å². The number of hydrogen-bond acceptors (Lipinski definition) is 6. The van der Waals surface area contributed by atoms with Gasteiger partial charge in [0.05, 0.1) is 15.5 Å². The third-order valence-electron chi connectivity index (χ3n) is 4.65. The minimum Gasteiger partial charge on any atom is -0.298 e. The number of benzene rings is 3. The van der Waals surface area contributed by atoms with Crippen LogP contribution in [0.2, 0.25) is 0 Å². The summed E-state index contributed by atoms with van der Waals surface area (Å²) in [5.41, 5.74) is 1.77. The van der Waals surface area contributed by atoms with E-state index in [-0.39, 0.29) is 27.1 Å². The van der Waals surface area contributed by atoms with Gasteiger partial charge in [0.15, 0.2) is 10.9 Å². The Labute approximate surface area is 195 Å². The average molecular weight is 478 g/mol. The fraction of sp³-hybridized carbons (Fsp3) is 0.0417. The lowest BCUT2D eigenvalue weighted by molar-refractivity contribution is 0.101. The molecule has 0 spiro atoms. The molecule has 4 aromatic rings. The minimum absolute atomic E-state index is 0.118. The number of rotatable bonds is 7. The van der Waals surface area contributed by atoms with E-state index in [1.807, 2.05) is 30.3 Å². The average Bonchev–Trinajstić information content (AvgIpc) is 3.24. The van der Waals surface area contributed by atoms with Gasteiger partial charge in [0.25, 0.3) is 15.9 Å². The van der Waals surface area contributed by atoms with Crippen molar-refractivity contribution in [1.29, 1.82) is 0 Å². The van der Waals surface area contributed by atoms with Crippen LogP contribution < -0.4 is 10.0 Å². The van der Waals surface area contributed by atoms with Gasteiger partial charge in [-0.1, -0.05) is 65.9 Å². The molecule has 33 heavy (non-hydrogen) atoms. The molecule has 0 saturated carbocycles. The number of aromatic nitrogens is 1. The molecule has 4 rings (SSSR count). The molecule has 0 atom stereocenters. The third kappa shape index (κ3) is 5.16. The Morgan fingerprint density at radius 2 is 1.55 bits per heavy atom. The van der Waals surface area contributed by atoms with Gasteiger partial charge in [-0.15, -0.1) is 0 Å². The Morgan fingerprint density at radius 3 is 2.21 bits per heavy atom. The van der Waals surface area contributed by atoms with Crippen molar-refractivity contribution < 1.29 is 18.0 Å². The molecule has 0 aliphatic heterocycles. The first kappa shape index (κ1) is 22.4. The molecule has 1 aromatic heterocycles. The van der Waals surface area contributed by atoms with Crippen LogP contribution in [-0.2, 0) is 10.0 Å². The molecular formula is C24H19N3O4S2. The molecule has 1 amide bonds. The maximum Gasteiger partial charge on any atom is 0.261 e. The fourth-order valence-electron chi connectivity index (χ4n) is 3.11. The summed E-state index contributed by atoms with van der Waals surface area (Å²) >= 11 is 1.09. The zero-order valence-electron chi connectivity index (χ0n) is 17.5. The van der Waals surface area contributed by atoms with E-state index in [1.165, 1.54) is 25.1 Å². The number of sulfonamides is 1. The lowest BCUT2D eigenvalue weighted by atomic mass is 10.1. The topological polar surface area (TPSA) is 105 Å². The smallest absolute Gasteiger partial charge is 0.261 e. The number of thiazole rings is 1. The molecule has 0 saturated heterocycles. The molecule has 0 fully saturated rings. The van der Waals surface area contributed by atoms with Gasteiger partial charge >= 0.3 is 0 Å². The third-order valence-corrected chi connectivity index (χ3v) is 7.11. The van der Waals surface area contributed by atoms with Crippen LogP contribution in [0.25, 0.3) is 11.3 Å². The molecule has 0 bridgehead atoms. The predicted octanol–water partition coefficient (Wildman–Crippen LogP) is 5.07. The van der Waals surface area contributed by atoms with Crippen LogP contribution in [0.5, 0.6) is 0 Å². The van der Waals surface area contributed by atoms with Crippen molar-refractivity contribution in [2.24, 2.45) is 0 Å². The molecule has 3 aromatic carbocycles. The van der Waals surface area contributed by atoms with Gasteiger partial charge in [-0.3, -0.25) is 19.6 Å². The van der Waals surface area contributed by atoms with E-state index in [0.717, 1.165) is 16.9 Å². The highest BCUT2D eigenvalue weighted by molar-refractivity contribution is 7.92. The first-order valence-electron chi connectivity index (χ1n) is 9.90. The predicted molar refractivity (Wildman–Crippen MR) is 129 cm³/mol. The molecule has 2 N–H and O–H groups in total. The molecular weight excluding hydrogens is 458 g/mol. The fourth-order valence-corrected chi connectivity index (χ4v) is 5.06. The number of carbonyl (C=O) groups excluding carboxylic acids is 2. The maximum atomic E-state index is 12.8. The first-order valence-corrected chi connectivity index (χ1v) is 12.2. The summed E-state index contributed by atoms with van der Waals surface area (Å²) in [4.78, 5) is 29.9. The second-order valence-corrected chi connectivity index (χ2v) is 9.75. The van der Waals surface area contributed by atoms with Crippen LogP contribution in [0.15, 0.2) is 89.8 Å². The van der Waals surface area contributed by atoms with Crippen LogP contribution in [0.1, 0.15) is 27.0 Å². The van der Waals surface area contributed by atoms with E-state index in [1.54, 1.807) is 36.4 Å². The largest absolute Gasteiger partial charge is 0.298 e. The van der Waals surface area contributed by atoms with E-state index in [2.05, 4.69) is 15.0 Å². The number of hydrogen-bond donors (Lipinski definition) is 2. The van der Waals surface area contributed by atoms with Crippen LogP contribution in [0, 0.1) is 0 Å². The van der Waals surface area contributed by atoms with Crippen LogP contribution >= 0.6 is 11.3 Å². The molecule has 0 aliphatic rings. The zero-order chi connectivity index (χ0) is 23.4. The summed E-state index contributed by atoms with van der Waals surface area (Å²) in [6.45, 7) is 1.45. The summed E-state index contributed by atoms with van der Waals surface area (Å²) in [5, 5.41) is 2.98. The number of nitrogens with zero attached hydrogens (tertiary/aromatic N) is 1. The van der Waals surface area contributed by atoms with Crippen molar-refractivity contribution in [3.63, 3.8) is 0 Å². The number of carbonyl (C=O) groups is 2. The van der Waals surface area contributed by atoms with Gasteiger partial charge in [-0.25, -0.2) is 13.4 Å². The Kier molecular flexibility index (Phi) is 6.34. The molecule has 7 nitrogen and oxygen atoms in total. The van der Waals surface area contributed by atoms with Gasteiger partial charge < -0.3 is 0 Å². The molecule has 0 unspecified atom stereocenters. The van der Waals surface area contributed by atoms with E-state index >= 15 is 0 Å². The van der Waals surface area contributed by atoms with Crippen LogP contribution in [0.4, 0.5) is 10.8 Å². The number of Topliss-reactive ketones (excluding diaryl/α,β-unsaturated/α-hetero) is 1. The summed E-state index contributed by atoms with van der Waals surface area (Å²) in [7, 11) is -3.79. The molecule has 0 radical (unpaired) electrons. The normalized spacial score (nSPS) is 11.1. The van der Waals surface area contributed by atoms with Crippen molar-refractivity contribution in [3.05, 3.63) is 95.4 Å². The highest BCUT2D eigenvalue weighted by Gasteiger charge is 2.19. The lowest BCUT2D eigenvalue weighted by Gasteiger charge is -2.09. The van der Waals surface area contributed by atoms with E-state index in [4.69, 9.17) is 0 Å². The summed E-state index contributed by atoms with van der Waals surface area (Å²) in [6.07, 6.45) is 0. The summed E-state index contributed by atoms with van der Waals surface area (Å²) in [6, 6.07) is 23.3. The van der Waals surface area contributed by atoms with Gasteiger partial charge in [-0.2, -0.15) is 0 Å². The van der Waals surface area contributed by atoms with Crippen molar-refractivity contribution in [1.82, 2.24) is 4.98 Å². The van der Waals surface area contributed by atoms with Crippen LogP contribution in [0.3, 0.4) is 0 Å². The van der Waals surface area contributed by atoms with Gasteiger partial charge in [0, 0.05) is 23.7 Å². The second kappa shape index (κ2) is 9.35. The van der Waals surface area contributed by atoms with Gasteiger partial charge in [-0.05, 0) is 30.3 Å². The molecule has 1 heterocycles. The lowest BCUT2D eigenvalue weighted by Crippen LogP contribution is -2.15. The number of anilines is 2. The number of amides is 1. The Hall–Kier alpha value is -3.82. The molecule has 0 aliphatic carbocycles. The minimum atomic E-state index is -3.79. The standard InChI is InChI=1S/C24H19N3O4S2/c1-16(28)22-21(17-9-4-2-5-10-17)25-24(32-22)26-23(29)18-11-8-12-19(15-18)27-33(30,31)20-13-6-3-7-14-20/h2-15,27H,1H3,(H,25,26,29). The highest BCUT2D eigenvalue weighted by Crippen LogP contribution is 2.31. The maximum absolute atomic E-state index is 12.8. The van der Waals surface area contributed by atoms with Crippen LogP contribution in [-0.4, -0.2) is 25.1 Å². The summed E-state index contributed by atoms with van der Waals surface area (Å²) in [5.74, 6) is -0.622. The van der Waals surface area contributed by atoms with E-state index in [9.17, 15) is 18.0 Å². The first-order chi connectivity index (χ1) is 15.8. The molecule has 9 heteroatoms. The second-order valence-electron chi connectivity index (χ2n) is 7.07. The van der Waals surface area contributed by atoms with Crippen molar-refractivity contribution in [3.8, 4) is 11.3 Å². The van der Waals surface area contributed by atoms with E-state index in [0.29, 0.717) is 10.6 Å². The zero-order valence-corrected chi connectivity index (χ0v) is 19.1. The molecule has 166 valence electrons. The Morgan fingerprint density at radius 1 is 0.879 bits per heavy atom. The number of nitrogens with one attached hydrogen (secondary N) is 2. The Bertz CT molecular complexity index is 1420. The quantitative estimate of drug-likeness (QED) is 0.362. The SMILES string of the molecule is CC(=O)c1sc(NC(=O)c2cccc(NS(=O)(=O)c3ccccc3)c2)nc1-c1ccccc1. The summed E-state index contributed by atoms with van der Waals surface area (Å²) < 4.78 is 27.6. The van der Waals surface area contributed by atoms with E-state index < -0.39 is 15.9 Å². The van der Waals surface area contributed by atoms with Gasteiger partial charge in [0.2, 0.25) is 0 Å².